The standard InChI is InChI=1S/C6H12N2O2/c1-6(2,3)7-4-5(9)8-10/h7H,4H2,1-3H3. The van der Waals surface area contributed by atoms with E-state index in [0.717, 1.165) is 0 Å². The van der Waals surface area contributed by atoms with Crippen molar-refractivity contribution in [3.05, 3.63) is 4.91 Å². The van der Waals surface area contributed by atoms with Crippen LogP contribution in [0, 0.1) is 4.91 Å². The second-order valence-electron chi connectivity index (χ2n) is 3.09. The summed E-state index contributed by atoms with van der Waals surface area (Å²) in [6.45, 7) is 5.74. The van der Waals surface area contributed by atoms with Gasteiger partial charge in [0, 0.05) is 10.7 Å². The summed E-state index contributed by atoms with van der Waals surface area (Å²) in [5.74, 6) is -0.657. The van der Waals surface area contributed by atoms with Gasteiger partial charge in [-0.3, -0.25) is 4.79 Å². The van der Waals surface area contributed by atoms with Gasteiger partial charge in [-0.05, 0) is 20.8 Å². The third kappa shape index (κ3) is 5.37. The highest BCUT2D eigenvalue weighted by atomic mass is 16.3. The Morgan fingerprint density at radius 2 is 2.00 bits per heavy atom. The fraction of sp³-hybridized carbons (Fsp3) is 0.833. The summed E-state index contributed by atoms with van der Waals surface area (Å²) in [7, 11) is 0. The van der Waals surface area contributed by atoms with Gasteiger partial charge in [0.1, 0.15) is 0 Å². The van der Waals surface area contributed by atoms with Gasteiger partial charge in [0.25, 0.3) is 5.91 Å². The summed E-state index contributed by atoms with van der Waals surface area (Å²) in [6, 6.07) is 0. The van der Waals surface area contributed by atoms with Crippen LogP contribution in [-0.2, 0) is 4.79 Å². The van der Waals surface area contributed by atoms with Gasteiger partial charge in [0.05, 0.1) is 6.54 Å². The predicted molar refractivity (Wildman–Crippen MR) is 38.6 cm³/mol. The van der Waals surface area contributed by atoms with Gasteiger partial charge in [-0.1, -0.05) is 0 Å². The molecule has 4 heteroatoms. The Morgan fingerprint density at radius 1 is 1.50 bits per heavy atom. The molecular weight excluding hydrogens is 132 g/mol. The normalized spacial score (nSPS) is 11.1. The number of hydrogen-bond acceptors (Lipinski definition) is 3. The van der Waals surface area contributed by atoms with E-state index < -0.39 is 5.91 Å². The maximum Gasteiger partial charge on any atom is 0.300 e. The SMILES string of the molecule is CC(C)(C)NCC(=O)N=O. The molecule has 4 nitrogen and oxygen atoms in total. The van der Waals surface area contributed by atoms with Crippen molar-refractivity contribution in [2.45, 2.75) is 26.3 Å². The van der Waals surface area contributed by atoms with E-state index in [-0.39, 0.29) is 12.1 Å². The minimum atomic E-state index is -0.657. The fourth-order valence-corrected chi connectivity index (χ4v) is 0.373. The lowest BCUT2D eigenvalue weighted by molar-refractivity contribution is -0.117. The molecule has 0 aliphatic carbocycles. The number of amides is 1. The van der Waals surface area contributed by atoms with Gasteiger partial charge in [-0.15, -0.1) is 4.91 Å². The molecule has 58 valence electrons. The van der Waals surface area contributed by atoms with Crippen molar-refractivity contribution in [1.82, 2.24) is 5.32 Å². The quantitative estimate of drug-likeness (QED) is 0.579. The van der Waals surface area contributed by atoms with Crippen LogP contribution < -0.4 is 5.32 Å². The molecule has 0 spiro atoms. The Kier molecular flexibility index (Phi) is 3.15. The van der Waals surface area contributed by atoms with Crippen molar-refractivity contribution >= 4 is 5.91 Å². The molecule has 0 aliphatic heterocycles. The van der Waals surface area contributed by atoms with Gasteiger partial charge >= 0.3 is 0 Å². The topological polar surface area (TPSA) is 58.5 Å². The van der Waals surface area contributed by atoms with Crippen LogP contribution in [-0.4, -0.2) is 18.0 Å². The van der Waals surface area contributed by atoms with E-state index in [1.807, 2.05) is 20.8 Å². The van der Waals surface area contributed by atoms with E-state index in [4.69, 9.17) is 0 Å². The van der Waals surface area contributed by atoms with Crippen LogP contribution >= 0.6 is 0 Å². The van der Waals surface area contributed by atoms with Crippen molar-refractivity contribution < 1.29 is 4.79 Å². The Morgan fingerprint density at radius 3 is 2.30 bits per heavy atom. The maximum absolute atomic E-state index is 10.3. The predicted octanol–water partition coefficient (Wildman–Crippen LogP) is 0.667. The van der Waals surface area contributed by atoms with E-state index in [9.17, 15) is 9.70 Å². The van der Waals surface area contributed by atoms with Gasteiger partial charge in [-0.25, -0.2) is 0 Å². The van der Waals surface area contributed by atoms with Crippen LogP contribution in [0.25, 0.3) is 0 Å². The maximum atomic E-state index is 10.3. The summed E-state index contributed by atoms with van der Waals surface area (Å²) in [4.78, 5) is 19.9. The van der Waals surface area contributed by atoms with Crippen LogP contribution in [0.15, 0.2) is 5.18 Å². The largest absolute Gasteiger partial charge is 0.303 e. The van der Waals surface area contributed by atoms with Crippen molar-refractivity contribution in [2.75, 3.05) is 6.54 Å². The zero-order valence-electron chi connectivity index (χ0n) is 6.47. The minimum absolute atomic E-state index is 0.0208. The van der Waals surface area contributed by atoms with Crippen molar-refractivity contribution in [3.8, 4) is 0 Å². The van der Waals surface area contributed by atoms with Gasteiger partial charge in [0.15, 0.2) is 0 Å². The first-order valence-corrected chi connectivity index (χ1v) is 3.07. The summed E-state index contributed by atoms with van der Waals surface area (Å²) < 4.78 is 0. The molecule has 1 N–H and O–H groups in total. The second-order valence-corrected chi connectivity index (χ2v) is 3.09. The Bertz CT molecular complexity index is 137. The molecule has 0 unspecified atom stereocenters. The lowest BCUT2D eigenvalue weighted by atomic mass is 10.1. The molecule has 0 fully saturated rings. The molecule has 0 saturated heterocycles. The van der Waals surface area contributed by atoms with Crippen LogP contribution in [0.1, 0.15) is 20.8 Å². The minimum Gasteiger partial charge on any atom is -0.303 e. The van der Waals surface area contributed by atoms with E-state index in [1.54, 1.807) is 0 Å². The van der Waals surface area contributed by atoms with Gasteiger partial charge in [-0.2, -0.15) is 0 Å². The zero-order chi connectivity index (χ0) is 8.20. The highest BCUT2D eigenvalue weighted by molar-refractivity contribution is 5.78. The number of nitroso groups, excluding NO2 is 1. The van der Waals surface area contributed by atoms with E-state index in [1.165, 1.54) is 0 Å². The van der Waals surface area contributed by atoms with E-state index in [0.29, 0.717) is 0 Å². The molecule has 0 radical (unpaired) electrons. The number of nitrogens with zero attached hydrogens (tertiary/aromatic N) is 1. The molecule has 0 aromatic heterocycles. The highest BCUT2D eigenvalue weighted by Gasteiger charge is 2.10. The first-order valence-electron chi connectivity index (χ1n) is 3.07. The van der Waals surface area contributed by atoms with Gasteiger partial charge in [0.2, 0.25) is 0 Å². The monoisotopic (exact) mass is 144 g/mol. The molecular formula is C6H12N2O2. The van der Waals surface area contributed by atoms with Gasteiger partial charge < -0.3 is 5.32 Å². The molecule has 0 saturated carbocycles. The molecule has 0 aliphatic rings. The smallest absolute Gasteiger partial charge is 0.300 e. The molecule has 0 aromatic carbocycles. The molecule has 0 atom stereocenters. The highest BCUT2D eigenvalue weighted by Crippen LogP contribution is 1.96. The molecule has 0 bridgehead atoms. The summed E-state index contributed by atoms with van der Waals surface area (Å²) in [6.07, 6.45) is 0. The van der Waals surface area contributed by atoms with Crippen LogP contribution in [0.2, 0.25) is 0 Å². The Hall–Kier alpha value is -0.770. The lowest BCUT2D eigenvalue weighted by Crippen LogP contribution is -2.38. The Balaban J connectivity index is 3.55. The molecule has 0 aromatic rings. The fourth-order valence-electron chi connectivity index (χ4n) is 0.373. The number of hydrogen-bond donors (Lipinski definition) is 1. The van der Waals surface area contributed by atoms with E-state index in [2.05, 4.69) is 10.5 Å². The van der Waals surface area contributed by atoms with Crippen LogP contribution in [0.3, 0.4) is 0 Å². The van der Waals surface area contributed by atoms with E-state index >= 15 is 0 Å². The van der Waals surface area contributed by atoms with Crippen LogP contribution in [0.4, 0.5) is 0 Å². The third-order valence-electron chi connectivity index (χ3n) is 0.872. The first-order chi connectivity index (χ1) is 4.45. The van der Waals surface area contributed by atoms with Crippen LogP contribution in [0.5, 0.6) is 0 Å². The number of carbonyl (C=O) groups is 1. The number of nitrogens with one attached hydrogen (secondary N) is 1. The summed E-state index contributed by atoms with van der Waals surface area (Å²) in [5.41, 5.74) is -0.139. The van der Waals surface area contributed by atoms with Crippen molar-refractivity contribution in [1.29, 1.82) is 0 Å². The lowest BCUT2D eigenvalue weighted by Gasteiger charge is -2.18. The summed E-state index contributed by atoms with van der Waals surface area (Å²) >= 11 is 0. The average molecular weight is 144 g/mol. The molecule has 10 heavy (non-hydrogen) atoms. The number of carbonyl (C=O) groups excluding carboxylic acids is 1. The third-order valence-corrected chi connectivity index (χ3v) is 0.872. The second kappa shape index (κ2) is 3.41. The van der Waals surface area contributed by atoms with Crippen molar-refractivity contribution in [2.24, 2.45) is 5.18 Å². The number of rotatable bonds is 2. The molecule has 0 heterocycles. The molecule has 1 amide bonds. The van der Waals surface area contributed by atoms with Crippen molar-refractivity contribution in [3.63, 3.8) is 0 Å². The summed E-state index contributed by atoms with van der Waals surface area (Å²) in [5, 5.41) is 5.07. The zero-order valence-corrected chi connectivity index (χ0v) is 6.47. The first kappa shape index (κ1) is 9.23. The Labute approximate surface area is 60.0 Å². The molecule has 0 rings (SSSR count). The average Bonchev–Trinajstić information content (AvgIpc) is 1.81.